The molecule has 0 aliphatic carbocycles. The SMILES string of the molecule is CCS(=O)(=O)c1cccc(-c2ccc(OCCCN3CCS(=O)(=O)CC3)c3[nH]c4ncc(C)cc4c23)c1. The van der Waals surface area contributed by atoms with Crippen molar-refractivity contribution in [2.45, 2.75) is 25.2 Å². The number of rotatable bonds is 8. The van der Waals surface area contributed by atoms with E-state index in [2.05, 4.69) is 20.9 Å². The number of pyridine rings is 1. The molecule has 1 aliphatic rings. The normalized spacial score (nSPS) is 16.4. The molecule has 0 bridgehead atoms. The molecule has 8 nitrogen and oxygen atoms in total. The lowest BCUT2D eigenvalue weighted by atomic mass is 9.99. The van der Waals surface area contributed by atoms with Crippen LogP contribution in [0.4, 0.5) is 0 Å². The highest BCUT2D eigenvalue weighted by Crippen LogP contribution is 2.39. The van der Waals surface area contributed by atoms with Crippen molar-refractivity contribution in [1.29, 1.82) is 0 Å². The summed E-state index contributed by atoms with van der Waals surface area (Å²) in [5.41, 5.74) is 4.30. The number of benzene rings is 2. The third-order valence-corrected chi connectivity index (χ3v) is 10.2. The number of ether oxygens (including phenoxy) is 1. The first-order chi connectivity index (χ1) is 17.7. The number of hydrogen-bond acceptors (Lipinski definition) is 7. The van der Waals surface area contributed by atoms with Crippen LogP contribution in [0.15, 0.2) is 53.6 Å². The van der Waals surface area contributed by atoms with Gasteiger partial charge in [0, 0.05) is 36.6 Å². The van der Waals surface area contributed by atoms with Gasteiger partial charge in [-0.15, -0.1) is 0 Å². The molecule has 2 aromatic carbocycles. The Hall–Kier alpha value is -2.95. The molecule has 0 unspecified atom stereocenters. The zero-order valence-corrected chi connectivity index (χ0v) is 22.7. The number of hydrogen-bond donors (Lipinski definition) is 1. The second-order valence-corrected chi connectivity index (χ2v) is 14.1. The molecule has 2 aromatic heterocycles. The quantitative estimate of drug-likeness (QED) is 0.336. The molecule has 196 valence electrons. The number of nitrogens with one attached hydrogen (secondary N) is 1. The molecule has 1 N–H and O–H groups in total. The van der Waals surface area contributed by atoms with Crippen LogP contribution in [0.2, 0.25) is 0 Å². The first kappa shape index (κ1) is 25.7. The highest BCUT2D eigenvalue weighted by molar-refractivity contribution is 7.91. The Morgan fingerprint density at radius 3 is 2.65 bits per heavy atom. The van der Waals surface area contributed by atoms with E-state index in [1.165, 1.54) is 0 Å². The Balaban J connectivity index is 1.46. The topological polar surface area (TPSA) is 109 Å². The van der Waals surface area contributed by atoms with Gasteiger partial charge in [0.05, 0.1) is 34.3 Å². The van der Waals surface area contributed by atoms with Gasteiger partial charge in [-0.3, -0.25) is 0 Å². The molecular formula is C27H31N3O5S2. The van der Waals surface area contributed by atoms with E-state index in [0.29, 0.717) is 30.3 Å². The first-order valence-corrected chi connectivity index (χ1v) is 15.9. The van der Waals surface area contributed by atoms with E-state index in [1.54, 1.807) is 25.1 Å². The van der Waals surface area contributed by atoms with Crippen molar-refractivity contribution in [2.75, 3.05) is 43.5 Å². The van der Waals surface area contributed by atoms with Gasteiger partial charge >= 0.3 is 0 Å². The summed E-state index contributed by atoms with van der Waals surface area (Å²) in [6, 6.07) is 13.0. The Bertz CT molecular complexity index is 1660. The van der Waals surface area contributed by atoms with E-state index >= 15 is 0 Å². The molecule has 0 radical (unpaired) electrons. The molecule has 0 atom stereocenters. The average molecular weight is 542 g/mol. The van der Waals surface area contributed by atoms with E-state index in [0.717, 1.165) is 51.6 Å². The predicted octanol–water partition coefficient (Wildman–Crippen LogP) is 3.98. The summed E-state index contributed by atoms with van der Waals surface area (Å²) in [5, 5.41) is 1.89. The molecule has 37 heavy (non-hydrogen) atoms. The second-order valence-electron chi connectivity index (χ2n) is 9.52. The fraction of sp³-hybridized carbons (Fsp3) is 0.370. The zero-order chi connectivity index (χ0) is 26.2. The van der Waals surface area contributed by atoms with E-state index in [1.807, 2.05) is 31.3 Å². The lowest BCUT2D eigenvalue weighted by Gasteiger charge is -2.26. The molecule has 5 rings (SSSR count). The van der Waals surface area contributed by atoms with Crippen LogP contribution in [0.5, 0.6) is 5.75 Å². The van der Waals surface area contributed by atoms with Gasteiger partial charge in [-0.05, 0) is 60.4 Å². The van der Waals surface area contributed by atoms with Gasteiger partial charge in [-0.25, -0.2) is 21.8 Å². The van der Waals surface area contributed by atoms with Crippen molar-refractivity contribution in [3.8, 4) is 16.9 Å². The molecule has 3 heterocycles. The van der Waals surface area contributed by atoms with Crippen LogP contribution in [0.1, 0.15) is 18.9 Å². The van der Waals surface area contributed by atoms with Crippen LogP contribution in [0.3, 0.4) is 0 Å². The van der Waals surface area contributed by atoms with Crippen LogP contribution in [0.25, 0.3) is 33.1 Å². The van der Waals surface area contributed by atoms with E-state index < -0.39 is 19.7 Å². The van der Waals surface area contributed by atoms with Gasteiger partial charge in [0.15, 0.2) is 19.7 Å². The number of nitrogens with zero attached hydrogens (tertiary/aromatic N) is 2. The molecule has 0 amide bonds. The fourth-order valence-corrected chi connectivity index (χ4v) is 7.00. The largest absolute Gasteiger partial charge is 0.491 e. The smallest absolute Gasteiger partial charge is 0.178 e. The number of H-pyrrole nitrogens is 1. The number of aromatic amines is 1. The maximum absolute atomic E-state index is 12.5. The summed E-state index contributed by atoms with van der Waals surface area (Å²) in [6.45, 7) is 6.05. The van der Waals surface area contributed by atoms with Gasteiger partial charge in [0.2, 0.25) is 0 Å². The molecule has 0 saturated carbocycles. The van der Waals surface area contributed by atoms with Gasteiger partial charge in [0.25, 0.3) is 0 Å². The fourth-order valence-electron chi connectivity index (χ4n) is 4.79. The summed E-state index contributed by atoms with van der Waals surface area (Å²) in [7, 11) is -6.22. The predicted molar refractivity (Wildman–Crippen MR) is 147 cm³/mol. The summed E-state index contributed by atoms with van der Waals surface area (Å²) in [6.07, 6.45) is 2.59. The highest BCUT2D eigenvalue weighted by Gasteiger charge is 2.21. The van der Waals surface area contributed by atoms with Crippen molar-refractivity contribution in [2.24, 2.45) is 0 Å². The Kier molecular flexibility index (Phi) is 6.99. The average Bonchev–Trinajstić information content (AvgIpc) is 3.26. The minimum atomic E-state index is -3.34. The number of sulfone groups is 2. The van der Waals surface area contributed by atoms with Gasteiger partial charge in [-0.2, -0.15) is 0 Å². The van der Waals surface area contributed by atoms with Crippen LogP contribution in [-0.4, -0.2) is 75.2 Å². The summed E-state index contributed by atoms with van der Waals surface area (Å²) in [4.78, 5) is 10.4. The van der Waals surface area contributed by atoms with Crippen molar-refractivity contribution in [3.05, 3.63) is 54.2 Å². The van der Waals surface area contributed by atoms with Crippen molar-refractivity contribution < 1.29 is 21.6 Å². The Morgan fingerprint density at radius 1 is 1.11 bits per heavy atom. The lowest BCUT2D eigenvalue weighted by Crippen LogP contribution is -2.40. The van der Waals surface area contributed by atoms with Crippen LogP contribution in [0, 0.1) is 6.92 Å². The van der Waals surface area contributed by atoms with Crippen LogP contribution < -0.4 is 4.74 Å². The third-order valence-electron chi connectivity index (χ3n) is 6.90. The van der Waals surface area contributed by atoms with E-state index in [9.17, 15) is 16.8 Å². The molecule has 1 fully saturated rings. The van der Waals surface area contributed by atoms with E-state index in [4.69, 9.17) is 4.74 Å². The second kappa shape index (κ2) is 10.1. The number of fused-ring (bicyclic) bond motifs is 3. The highest BCUT2D eigenvalue weighted by atomic mass is 32.2. The third kappa shape index (κ3) is 5.37. The molecule has 0 spiro atoms. The van der Waals surface area contributed by atoms with Gasteiger partial charge < -0.3 is 14.6 Å². The standard InChI is InChI=1S/C27H31N3O5S2/c1-3-37(33,34)21-7-4-6-20(17-21)22-8-9-24(26-25(22)23-16-19(2)18-28-27(23)29-26)35-13-5-10-30-11-14-36(31,32)15-12-30/h4,6-9,16-18H,3,5,10-15H2,1-2H3,(H,28,29). The molecule has 10 heteroatoms. The van der Waals surface area contributed by atoms with Crippen molar-refractivity contribution >= 4 is 41.6 Å². The number of aromatic nitrogens is 2. The molecule has 1 aliphatic heterocycles. The number of aryl methyl sites for hydroxylation is 1. The van der Waals surface area contributed by atoms with Gasteiger partial charge in [0.1, 0.15) is 11.4 Å². The van der Waals surface area contributed by atoms with Crippen LogP contribution >= 0.6 is 0 Å². The summed E-state index contributed by atoms with van der Waals surface area (Å²) in [5.74, 6) is 1.19. The first-order valence-electron chi connectivity index (χ1n) is 12.5. The molecular weight excluding hydrogens is 510 g/mol. The molecule has 1 saturated heterocycles. The monoisotopic (exact) mass is 541 g/mol. The minimum absolute atomic E-state index is 0.0437. The summed E-state index contributed by atoms with van der Waals surface area (Å²) >= 11 is 0. The van der Waals surface area contributed by atoms with Gasteiger partial charge in [-0.1, -0.05) is 19.1 Å². The summed E-state index contributed by atoms with van der Waals surface area (Å²) < 4.78 is 54.6. The Labute approximate surface area is 217 Å². The zero-order valence-electron chi connectivity index (χ0n) is 21.0. The maximum Gasteiger partial charge on any atom is 0.178 e. The Morgan fingerprint density at radius 2 is 1.89 bits per heavy atom. The van der Waals surface area contributed by atoms with E-state index in [-0.39, 0.29) is 17.3 Å². The van der Waals surface area contributed by atoms with Crippen molar-refractivity contribution in [3.63, 3.8) is 0 Å². The molecule has 4 aromatic rings. The minimum Gasteiger partial charge on any atom is -0.491 e. The van der Waals surface area contributed by atoms with Crippen molar-refractivity contribution in [1.82, 2.24) is 14.9 Å². The maximum atomic E-state index is 12.5. The lowest BCUT2D eigenvalue weighted by molar-refractivity contribution is 0.247. The van der Waals surface area contributed by atoms with Crippen LogP contribution in [-0.2, 0) is 19.7 Å².